The monoisotopic (exact) mass is 248 g/mol. The van der Waals surface area contributed by atoms with Crippen molar-refractivity contribution in [3.63, 3.8) is 0 Å². The van der Waals surface area contributed by atoms with Crippen molar-refractivity contribution in [1.82, 2.24) is 10.0 Å². The maximum Gasteiger partial charge on any atom is 0.216 e. The van der Waals surface area contributed by atoms with Gasteiger partial charge in [-0.05, 0) is 38.6 Å². The Morgan fingerprint density at radius 1 is 1.31 bits per heavy atom. The van der Waals surface area contributed by atoms with Crippen molar-refractivity contribution >= 4 is 10.0 Å². The third-order valence-corrected chi connectivity index (χ3v) is 5.01. The first-order valence-electron chi connectivity index (χ1n) is 6.13. The number of hydrogen-bond donors (Lipinski definition) is 2. The van der Waals surface area contributed by atoms with Gasteiger partial charge in [-0.15, -0.1) is 0 Å². The Kier molecular flexibility index (Phi) is 5.21. The van der Waals surface area contributed by atoms with Crippen LogP contribution in [0.2, 0.25) is 0 Å². The Morgan fingerprint density at radius 3 is 2.50 bits per heavy atom. The molecule has 0 radical (unpaired) electrons. The van der Waals surface area contributed by atoms with Gasteiger partial charge in [-0.25, -0.2) is 13.1 Å². The van der Waals surface area contributed by atoms with Gasteiger partial charge < -0.3 is 5.32 Å². The van der Waals surface area contributed by atoms with Crippen LogP contribution in [-0.4, -0.2) is 32.8 Å². The SMILES string of the molecule is CC(C)CCC(C)NS(=O)(=O)C1CCNC1. The van der Waals surface area contributed by atoms with Crippen LogP contribution in [0.5, 0.6) is 0 Å². The highest BCUT2D eigenvalue weighted by Gasteiger charge is 2.29. The molecule has 1 aliphatic heterocycles. The van der Waals surface area contributed by atoms with Gasteiger partial charge in [0.05, 0.1) is 5.25 Å². The summed E-state index contributed by atoms with van der Waals surface area (Å²) in [7, 11) is -3.12. The summed E-state index contributed by atoms with van der Waals surface area (Å²) in [6, 6.07) is 0.0491. The van der Waals surface area contributed by atoms with Gasteiger partial charge in [0.25, 0.3) is 0 Å². The summed E-state index contributed by atoms with van der Waals surface area (Å²) in [5.74, 6) is 0.625. The Hall–Kier alpha value is -0.130. The minimum absolute atomic E-state index is 0.0491. The summed E-state index contributed by atoms with van der Waals surface area (Å²) in [6.45, 7) is 7.66. The minimum Gasteiger partial charge on any atom is -0.315 e. The summed E-state index contributed by atoms with van der Waals surface area (Å²) in [5.41, 5.74) is 0. The highest BCUT2D eigenvalue weighted by molar-refractivity contribution is 7.90. The van der Waals surface area contributed by atoms with Crippen LogP contribution in [0.25, 0.3) is 0 Å². The van der Waals surface area contributed by atoms with Crippen molar-refractivity contribution in [3.05, 3.63) is 0 Å². The van der Waals surface area contributed by atoms with E-state index in [2.05, 4.69) is 23.9 Å². The average molecular weight is 248 g/mol. The molecule has 0 aromatic rings. The molecular formula is C11H24N2O2S. The molecule has 0 amide bonds. The van der Waals surface area contributed by atoms with E-state index in [0.29, 0.717) is 12.5 Å². The molecule has 2 atom stereocenters. The normalized spacial score (nSPS) is 23.9. The van der Waals surface area contributed by atoms with Crippen LogP contribution >= 0.6 is 0 Å². The van der Waals surface area contributed by atoms with Gasteiger partial charge in [-0.3, -0.25) is 0 Å². The topological polar surface area (TPSA) is 58.2 Å². The Morgan fingerprint density at radius 2 is 2.00 bits per heavy atom. The Labute approximate surface area is 99.2 Å². The maximum absolute atomic E-state index is 11.9. The second-order valence-corrected chi connectivity index (χ2v) is 7.14. The fourth-order valence-corrected chi connectivity index (χ4v) is 3.55. The van der Waals surface area contributed by atoms with Crippen LogP contribution in [0.4, 0.5) is 0 Å². The predicted molar refractivity (Wildman–Crippen MR) is 66.9 cm³/mol. The van der Waals surface area contributed by atoms with Gasteiger partial charge in [0.15, 0.2) is 0 Å². The van der Waals surface area contributed by atoms with Gasteiger partial charge in [0.2, 0.25) is 10.0 Å². The second-order valence-electron chi connectivity index (χ2n) is 5.15. The summed E-state index contributed by atoms with van der Waals surface area (Å²) in [6.07, 6.45) is 2.70. The van der Waals surface area contributed by atoms with Gasteiger partial charge in [0, 0.05) is 12.6 Å². The Balaban J connectivity index is 2.39. The smallest absolute Gasteiger partial charge is 0.216 e. The molecule has 1 heterocycles. The van der Waals surface area contributed by atoms with Crippen molar-refractivity contribution in [3.8, 4) is 0 Å². The van der Waals surface area contributed by atoms with Gasteiger partial charge >= 0.3 is 0 Å². The quantitative estimate of drug-likeness (QED) is 0.740. The standard InChI is InChI=1S/C11H24N2O2S/c1-9(2)4-5-10(3)13-16(14,15)11-6-7-12-8-11/h9-13H,4-8H2,1-3H3. The molecular weight excluding hydrogens is 224 g/mol. The lowest BCUT2D eigenvalue weighted by Crippen LogP contribution is -2.40. The molecule has 1 saturated heterocycles. The van der Waals surface area contributed by atoms with Gasteiger partial charge in [0.1, 0.15) is 0 Å². The van der Waals surface area contributed by atoms with Crippen molar-refractivity contribution in [2.75, 3.05) is 13.1 Å². The molecule has 2 unspecified atom stereocenters. The molecule has 0 spiro atoms. The summed E-state index contributed by atoms with van der Waals surface area (Å²) in [4.78, 5) is 0. The van der Waals surface area contributed by atoms with Crippen LogP contribution in [0.3, 0.4) is 0 Å². The molecule has 0 aromatic heterocycles. The Bertz CT molecular complexity index is 295. The van der Waals surface area contributed by atoms with Crippen LogP contribution in [0, 0.1) is 5.92 Å². The molecule has 0 aliphatic carbocycles. The van der Waals surface area contributed by atoms with E-state index in [0.717, 1.165) is 25.8 Å². The van der Waals surface area contributed by atoms with Crippen molar-refractivity contribution in [2.24, 2.45) is 5.92 Å². The molecule has 0 saturated carbocycles. The van der Waals surface area contributed by atoms with E-state index < -0.39 is 10.0 Å². The fourth-order valence-electron chi connectivity index (χ4n) is 1.91. The third kappa shape index (κ3) is 4.39. The lowest BCUT2D eigenvalue weighted by Gasteiger charge is -2.18. The van der Waals surface area contributed by atoms with Crippen molar-refractivity contribution < 1.29 is 8.42 Å². The molecule has 1 aliphatic rings. The molecule has 2 N–H and O–H groups in total. The predicted octanol–water partition coefficient (Wildman–Crippen LogP) is 1.09. The largest absolute Gasteiger partial charge is 0.315 e. The minimum atomic E-state index is -3.12. The zero-order valence-electron chi connectivity index (χ0n) is 10.5. The fraction of sp³-hybridized carbons (Fsp3) is 1.00. The molecule has 0 aromatic carbocycles. The molecule has 16 heavy (non-hydrogen) atoms. The molecule has 1 fully saturated rings. The third-order valence-electron chi connectivity index (χ3n) is 3.00. The van der Waals surface area contributed by atoms with Crippen LogP contribution in [0.1, 0.15) is 40.0 Å². The number of nitrogens with one attached hydrogen (secondary N) is 2. The highest BCUT2D eigenvalue weighted by Crippen LogP contribution is 2.12. The zero-order chi connectivity index (χ0) is 12.2. The lowest BCUT2D eigenvalue weighted by molar-refractivity contribution is 0.482. The van der Waals surface area contributed by atoms with Crippen LogP contribution < -0.4 is 10.0 Å². The van der Waals surface area contributed by atoms with E-state index >= 15 is 0 Å². The number of rotatable bonds is 6. The van der Waals surface area contributed by atoms with Crippen LogP contribution in [0.15, 0.2) is 0 Å². The zero-order valence-corrected chi connectivity index (χ0v) is 11.3. The first-order chi connectivity index (χ1) is 7.42. The summed E-state index contributed by atoms with van der Waals surface area (Å²) < 4.78 is 26.7. The average Bonchev–Trinajstić information content (AvgIpc) is 2.67. The van der Waals surface area contributed by atoms with E-state index in [1.807, 2.05) is 6.92 Å². The first-order valence-corrected chi connectivity index (χ1v) is 7.68. The molecule has 4 nitrogen and oxygen atoms in total. The summed E-state index contributed by atoms with van der Waals surface area (Å²) >= 11 is 0. The van der Waals surface area contributed by atoms with E-state index in [9.17, 15) is 8.42 Å². The molecule has 1 rings (SSSR count). The second kappa shape index (κ2) is 5.98. The summed E-state index contributed by atoms with van der Waals surface area (Å²) in [5, 5.41) is 2.84. The molecule has 96 valence electrons. The molecule has 5 heteroatoms. The maximum atomic E-state index is 11.9. The first kappa shape index (κ1) is 13.9. The number of hydrogen-bond acceptors (Lipinski definition) is 3. The van der Waals surface area contributed by atoms with Crippen LogP contribution in [-0.2, 0) is 10.0 Å². The molecule has 0 bridgehead atoms. The van der Waals surface area contributed by atoms with E-state index in [4.69, 9.17) is 0 Å². The number of sulfonamides is 1. The van der Waals surface area contributed by atoms with E-state index in [1.54, 1.807) is 0 Å². The van der Waals surface area contributed by atoms with E-state index in [-0.39, 0.29) is 11.3 Å². The lowest BCUT2D eigenvalue weighted by atomic mass is 10.1. The highest BCUT2D eigenvalue weighted by atomic mass is 32.2. The van der Waals surface area contributed by atoms with Gasteiger partial charge in [-0.1, -0.05) is 13.8 Å². The van der Waals surface area contributed by atoms with E-state index in [1.165, 1.54) is 0 Å². The van der Waals surface area contributed by atoms with Crippen molar-refractivity contribution in [1.29, 1.82) is 0 Å². The van der Waals surface area contributed by atoms with Gasteiger partial charge in [-0.2, -0.15) is 0 Å². The van der Waals surface area contributed by atoms with Crippen molar-refractivity contribution in [2.45, 2.75) is 51.3 Å².